The molecular weight excluding hydrogens is 388 g/mol. The zero-order valence-corrected chi connectivity index (χ0v) is 17.9. The number of nitrogens with zero attached hydrogens (tertiary/aromatic N) is 4. The number of rotatable bonds is 10. The Labute approximate surface area is 177 Å². The molecule has 0 radical (unpaired) electrons. The van der Waals surface area contributed by atoms with Crippen molar-refractivity contribution in [2.75, 3.05) is 31.6 Å². The zero-order chi connectivity index (χ0) is 22.4. The van der Waals surface area contributed by atoms with Crippen molar-refractivity contribution in [2.45, 2.75) is 44.8 Å². The van der Waals surface area contributed by atoms with Gasteiger partial charge < -0.3 is 20.4 Å². The Morgan fingerprint density at radius 2 is 2.03 bits per heavy atom. The third-order valence-corrected chi connectivity index (χ3v) is 5.61. The molecule has 3 unspecified atom stereocenters. The quantitative estimate of drug-likeness (QED) is 0.590. The molecule has 6 nitrogen and oxygen atoms in total. The molecule has 0 aromatic heterocycles. The van der Waals surface area contributed by atoms with E-state index in [1.54, 1.807) is 0 Å². The highest BCUT2D eigenvalue weighted by Gasteiger charge is 2.32. The van der Waals surface area contributed by atoms with Gasteiger partial charge in [-0.05, 0) is 37.9 Å². The van der Waals surface area contributed by atoms with Crippen LogP contribution in [-0.2, 0) is 4.79 Å². The van der Waals surface area contributed by atoms with E-state index in [0.29, 0.717) is 31.8 Å². The van der Waals surface area contributed by atoms with E-state index in [-0.39, 0.29) is 23.8 Å². The Bertz CT molecular complexity index is 776. The lowest BCUT2D eigenvalue weighted by atomic mass is 10.1. The van der Waals surface area contributed by atoms with Crippen LogP contribution in [0.15, 0.2) is 30.5 Å². The van der Waals surface area contributed by atoms with Crippen molar-refractivity contribution in [1.29, 1.82) is 5.26 Å². The molecule has 1 aliphatic rings. The van der Waals surface area contributed by atoms with Crippen LogP contribution in [0, 0.1) is 28.9 Å². The standard InChI is InChI=1S/C22H31F2N5O/c1-5-19(29(14-30)20-8-17(23)7-18(24)9-20)12-27(4)13-22(26)16(3)28-11-15(2)6-21(28)10-25/h7-9,14-15,19,21-22H,3,5-6,11-13,26H2,1-2,4H3/t15?,19-,21?,22?/m0/s1. The first kappa shape index (κ1) is 23.8. The van der Waals surface area contributed by atoms with Crippen molar-refractivity contribution in [3.63, 3.8) is 0 Å². The van der Waals surface area contributed by atoms with Crippen molar-refractivity contribution in [3.8, 4) is 6.07 Å². The minimum atomic E-state index is -0.731. The fourth-order valence-electron chi connectivity index (χ4n) is 4.03. The summed E-state index contributed by atoms with van der Waals surface area (Å²) >= 11 is 0. The second-order valence-electron chi connectivity index (χ2n) is 8.16. The van der Waals surface area contributed by atoms with E-state index < -0.39 is 11.6 Å². The number of amides is 1. The second-order valence-corrected chi connectivity index (χ2v) is 8.16. The molecule has 0 aliphatic carbocycles. The molecule has 8 heteroatoms. The van der Waals surface area contributed by atoms with Crippen molar-refractivity contribution in [1.82, 2.24) is 9.80 Å². The molecular formula is C22H31F2N5O. The van der Waals surface area contributed by atoms with Gasteiger partial charge in [0, 0.05) is 43.1 Å². The van der Waals surface area contributed by atoms with Crippen molar-refractivity contribution < 1.29 is 13.6 Å². The second kappa shape index (κ2) is 10.5. The van der Waals surface area contributed by atoms with Gasteiger partial charge in [0.2, 0.25) is 6.41 Å². The molecule has 2 N–H and O–H groups in total. The first-order valence-electron chi connectivity index (χ1n) is 10.2. The molecule has 1 amide bonds. The van der Waals surface area contributed by atoms with Crippen molar-refractivity contribution in [2.24, 2.45) is 11.7 Å². The Balaban J connectivity index is 2.03. The summed E-state index contributed by atoms with van der Waals surface area (Å²) in [5, 5.41) is 9.38. The van der Waals surface area contributed by atoms with Crippen molar-refractivity contribution in [3.05, 3.63) is 42.1 Å². The Kier molecular flexibility index (Phi) is 8.33. The highest BCUT2D eigenvalue weighted by Crippen LogP contribution is 2.27. The van der Waals surface area contributed by atoms with E-state index in [4.69, 9.17) is 5.73 Å². The molecule has 0 bridgehead atoms. The number of hydrogen-bond donors (Lipinski definition) is 1. The lowest BCUT2D eigenvalue weighted by molar-refractivity contribution is -0.108. The molecule has 1 saturated heterocycles. The van der Waals surface area contributed by atoms with Gasteiger partial charge in [0.15, 0.2) is 0 Å². The van der Waals surface area contributed by atoms with E-state index in [2.05, 4.69) is 19.6 Å². The molecule has 30 heavy (non-hydrogen) atoms. The summed E-state index contributed by atoms with van der Waals surface area (Å²) in [6.45, 7) is 9.82. The van der Waals surface area contributed by atoms with Gasteiger partial charge in [0.05, 0.1) is 12.1 Å². The molecule has 2 rings (SSSR count). The normalized spacial score (nSPS) is 20.7. The lowest BCUT2D eigenvalue weighted by Crippen LogP contribution is -2.47. The van der Waals surface area contributed by atoms with Gasteiger partial charge in [-0.3, -0.25) is 4.79 Å². The van der Waals surface area contributed by atoms with Crippen LogP contribution >= 0.6 is 0 Å². The fraction of sp³-hybridized carbons (Fsp3) is 0.545. The van der Waals surface area contributed by atoms with E-state index >= 15 is 0 Å². The van der Waals surface area contributed by atoms with Gasteiger partial charge in [-0.25, -0.2) is 8.78 Å². The van der Waals surface area contributed by atoms with Crippen LogP contribution < -0.4 is 10.6 Å². The van der Waals surface area contributed by atoms with Gasteiger partial charge in [-0.1, -0.05) is 20.4 Å². The van der Waals surface area contributed by atoms with Gasteiger partial charge in [-0.15, -0.1) is 0 Å². The minimum Gasteiger partial charge on any atom is -0.358 e. The number of hydrogen-bond acceptors (Lipinski definition) is 5. The summed E-state index contributed by atoms with van der Waals surface area (Å²) < 4.78 is 27.2. The van der Waals surface area contributed by atoms with E-state index in [0.717, 1.165) is 36.9 Å². The number of carbonyl (C=O) groups excluding carboxylic acids is 1. The van der Waals surface area contributed by atoms with Crippen LogP contribution in [-0.4, -0.2) is 61.0 Å². The van der Waals surface area contributed by atoms with Gasteiger partial charge in [0.1, 0.15) is 17.7 Å². The predicted molar refractivity (Wildman–Crippen MR) is 113 cm³/mol. The highest BCUT2D eigenvalue weighted by atomic mass is 19.1. The fourth-order valence-corrected chi connectivity index (χ4v) is 4.03. The number of likely N-dealkylation sites (tertiary alicyclic amines) is 1. The lowest BCUT2D eigenvalue weighted by Gasteiger charge is -2.34. The SMILES string of the molecule is C=C(C(N)CN(C)C[C@H](CC)N(C=O)c1cc(F)cc(F)c1)N1CC(C)CC1C#N. The van der Waals surface area contributed by atoms with E-state index in [1.807, 2.05) is 23.8 Å². The van der Waals surface area contributed by atoms with Crippen LogP contribution in [0.2, 0.25) is 0 Å². The summed E-state index contributed by atoms with van der Waals surface area (Å²) in [4.78, 5) is 17.0. The maximum Gasteiger partial charge on any atom is 0.214 e. The van der Waals surface area contributed by atoms with Gasteiger partial charge >= 0.3 is 0 Å². The molecule has 4 atom stereocenters. The minimum absolute atomic E-state index is 0.180. The molecule has 1 fully saturated rings. The molecule has 0 saturated carbocycles. The number of halogens is 2. The predicted octanol–water partition coefficient (Wildman–Crippen LogP) is 2.71. The summed E-state index contributed by atoms with van der Waals surface area (Å²) in [5.41, 5.74) is 7.27. The zero-order valence-electron chi connectivity index (χ0n) is 17.9. The summed E-state index contributed by atoms with van der Waals surface area (Å²) in [6.07, 6.45) is 1.99. The van der Waals surface area contributed by atoms with Crippen LogP contribution in [0.5, 0.6) is 0 Å². The van der Waals surface area contributed by atoms with Crippen LogP contribution in [0.1, 0.15) is 26.7 Å². The number of carbonyl (C=O) groups is 1. The largest absolute Gasteiger partial charge is 0.358 e. The van der Waals surface area contributed by atoms with Crippen molar-refractivity contribution >= 4 is 12.1 Å². The number of benzene rings is 1. The first-order valence-corrected chi connectivity index (χ1v) is 10.2. The number of likely N-dealkylation sites (N-methyl/N-ethyl adjacent to an activating group) is 1. The topological polar surface area (TPSA) is 76.6 Å². The number of anilines is 1. The monoisotopic (exact) mass is 419 g/mol. The Hall–Kier alpha value is -2.50. The van der Waals surface area contributed by atoms with Crippen LogP contribution in [0.4, 0.5) is 14.5 Å². The smallest absolute Gasteiger partial charge is 0.214 e. The molecule has 1 aromatic carbocycles. The summed E-state index contributed by atoms with van der Waals surface area (Å²) in [5.74, 6) is -1.05. The third kappa shape index (κ3) is 5.77. The maximum absolute atomic E-state index is 13.6. The maximum atomic E-state index is 13.6. The molecule has 1 heterocycles. The number of nitrogens with two attached hydrogens (primary N) is 1. The molecule has 164 valence electrons. The van der Waals surface area contributed by atoms with Gasteiger partial charge in [-0.2, -0.15) is 5.26 Å². The van der Waals surface area contributed by atoms with E-state index in [9.17, 15) is 18.8 Å². The molecule has 1 aromatic rings. The first-order chi connectivity index (χ1) is 14.2. The summed E-state index contributed by atoms with van der Waals surface area (Å²) in [7, 11) is 1.87. The average Bonchev–Trinajstić information content (AvgIpc) is 3.07. The van der Waals surface area contributed by atoms with Crippen LogP contribution in [0.3, 0.4) is 0 Å². The van der Waals surface area contributed by atoms with Crippen LogP contribution in [0.25, 0.3) is 0 Å². The number of nitriles is 1. The van der Waals surface area contributed by atoms with Gasteiger partial charge in [0.25, 0.3) is 0 Å². The molecule has 1 aliphatic heterocycles. The van der Waals surface area contributed by atoms with E-state index in [1.165, 1.54) is 4.90 Å². The third-order valence-electron chi connectivity index (χ3n) is 5.61. The Morgan fingerprint density at radius 1 is 1.40 bits per heavy atom. The summed E-state index contributed by atoms with van der Waals surface area (Å²) in [6, 6.07) is 4.51. The average molecular weight is 420 g/mol. The Morgan fingerprint density at radius 3 is 2.57 bits per heavy atom. The highest BCUT2D eigenvalue weighted by molar-refractivity contribution is 5.76. The molecule has 0 spiro atoms.